The molecule has 0 saturated heterocycles. The lowest BCUT2D eigenvalue weighted by atomic mass is 10.2. The molecular weight excluding hydrogens is 248 g/mol. The van der Waals surface area contributed by atoms with Crippen LogP contribution in [-0.2, 0) is 6.54 Å². The molecule has 17 heavy (non-hydrogen) atoms. The van der Waals surface area contributed by atoms with Crippen molar-refractivity contribution in [1.82, 2.24) is 15.0 Å². The number of hydrogen-bond acceptors (Lipinski definition) is 2. The Kier molecular flexibility index (Phi) is 3.38. The van der Waals surface area contributed by atoms with Gasteiger partial charge in [0.25, 0.3) is 0 Å². The van der Waals surface area contributed by atoms with E-state index in [0.717, 1.165) is 6.07 Å². The molecule has 1 heterocycles. The van der Waals surface area contributed by atoms with Gasteiger partial charge in [-0.3, -0.25) is 0 Å². The zero-order valence-electron chi connectivity index (χ0n) is 9.07. The van der Waals surface area contributed by atoms with Crippen molar-refractivity contribution in [2.75, 3.05) is 0 Å². The highest BCUT2D eigenvalue weighted by atomic mass is 35.5. The number of hydrogen-bond donors (Lipinski definition) is 0. The lowest BCUT2D eigenvalue weighted by molar-refractivity contribution is 0.554. The van der Waals surface area contributed by atoms with Crippen LogP contribution in [0.25, 0.3) is 0 Å². The molecule has 1 aromatic carbocycles. The second-order valence-electron chi connectivity index (χ2n) is 3.69. The van der Waals surface area contributed by atoms with Crippen LogP contribution in [0, 0.1) is 11.6 Å². The van der Waals surface area contributed by atoms with Crippen LogP contribution in [0.4, 0.5) is 8.78 Å². The van der Waals surface area contributed by atoms with E-state index >= 15 is 0 Å². The molecule has 0 spiro atoms. The number of benzene rings is 1. The summed E-state index contributed by atoms with van der Waals surface area (Å²) in [4.78, 5) is 0. The Morgan fingerprint density at radius 3 is 2.76 bits per heavy atom. The minimum atomic E-state index is -0.597. The highest BCUT2D eigenvalue weighted by molar-refractivity contribution is 6.20. The van der Waals surface area contributed by atoms with Gasteiger partial charge in [0.15, 0.2) is 0 Å². The van der Waals surface area contributed by atoms with Crippen LogP contribution in [0.5, 0.6) is 0 Å². The van der Waals surface area contributed by atoms with Gasteiger partial charge in [0.2, 0.25) is 0 Å². The second kappa shape index (κ2) is 4.79. The summed E-state index contributed by atoms with van der Waals surface area (Å²) in [6, 6.07) is 3.44. The molecule has 3 nitrogen and oxygen atoms in total. The molecule has 0 fully saturated rings. The number of nitrogens with zero attached hydrogens (tertiary/aromatic N) is 3. The van der Waals surface area contributed by atoms with Crippen LogP contribution in [0.15, 0.2) is 24.4 Å². The molecule has 1 unspecified atom stereocenters. The molecule has 0 bridgehead atoms. The van der Waals surface area contributed by atoms with Gasteiger partial charge in [-0.05, 0) is 13.0 Å². The van der Waals surface area contributed by atoms with Crippen LogP contribution < -0.4 is 0 Å². The largest absolute Gasteiger partial charge is 0.248 e. The lowest BCUT2D eigenvalue weighted by Gasteiger charge is -2.02. The third-order valence-corrected chi connectivity index (χ3v) is 2.53. The van der Waals surface area contributed by atoms with Crippen LogP contribution in [0.2, 0.25) is 0 Å². The fraction of sp³-hybridized carbons (Fsp3) is 0.273. The molecule has 0 aliphatic carbocycles. The minimum Gasteiger partial charge on any atom is -0.248 e. The number of halogens is 3. The first-order valence-corrected chi connectivity index (χ1v) is 5.48. The Morgan fingerprint density at radius 2 is 2.18 bits per heavy atom. The second-order valence-corrected chi connectivity index (χ2v) is 4.35. The fourth-order valence-electron chi connectivity index (χ4n) is 1.40. The molecule has 90 valence electrons. The molecule has 1 aromatic heterocycles. The summed E-state index contributed by atoms with van der Waals surface area (Å²) in [5.41, 5.74) is 0.972. The maximum absolute atomic E-state index is 13.4. The first-order chi connectivity index (χ1) is 8.06. The summed E-state index contributed by atoms with van der Waals surface area (Å²) in [5.74, 6) is -1.19. The minimum absolute atomic E-state index is 0.197. The van der Waals surface area contributed by atoms with E-state index in [1.807, 2.05) is 0 Å². The standard InChI is InChI=1S/C11H10ClF2N3/c1-7(12)11-6-17(16-15-11)5-8-2-3-9(13)4-10(8)14/h2-4,6-7H,5H2,1H3. The molecule has 0 aliphatic heterocycles. The average Bonchev–Trinajstić information content (AvgIpc) is 2.71. The van der Waals surface area contributed by atoms with E-state index in [4.69, 9.17) is 11.6 Å². The SMILES string of the molecule is CC(Cl)c1cn(Cc2ccc(F)cc2F)nn1. The summed E-state index contributed by atoms with van der Waals surface area (Å²) in [6.07, 6.45) is 1.64. The van der Waals surface area contributed by atoms with Gasteiger partial charge >= 0.3 is 0 Å². The van der Waals surface area contributed by atoms with Gasteiger partial charge in [-0.15, -0.1) is 16.7 Å². The fourth-order valence-corrected chi connectivity index (χ4v) is 1.50. The van der Waals surface area contributed by atoms with Gasteiger partial charge < -0.3 is 0 Å². The highest BCUT2D eigenvalue weighted by Gasteiger charge is 2.09. The number of alkyl halides is 1. The number of rotatable bonds is 3. The van der Waals surface area contributed by atoms with E-state index < -0.39 is 11.6 Å². The van der Waals surface area contributed by atoms with Gasteiger partial charge in [0, 0.05) is 11.6 Å². The van der Waals surface area contributed by atoms with Crippen molar-refractivity contribution >= 4 is 11.6 Å². The predicted octanol–water partition coefficient (Wildman–Crippen LogP) is 2.90. The molecule has 0 radical (unpaired) electrons. The van der Waals surface area contributed by atoms with E-state index in [0.29, 0.717) is 11.3 Å². The van der Waals surface area contributed by atoms with E-state index in [2.05, 4.69) is 10.3 Å². The third kappa shape index (κ3) is 2.79. The third-order valence-electron chi connectivity index (χ3n) is 2.31. The van der Waals surface area contributed by atoms with Crippen LogP contribution in [0.1, 0.15) is 23.6 Å². The van der Waals surface area contributed by atoms with E-state index in [-0.39, 0.29) is 11.9 Å². The first-order valence-electron chi connectivity index (χ1n) is 5.04. The lowest BCUT2D eigenvalue weighted by Crippen LogP contribution is -2.03. The molecule has 2 rings (SSSR count). The molecule has 0 saturated carbocycles. The Bertz CT molecular complexity index is 525. The maximum atomic E-state index is 13.4. The first kappa shape index (κ1) is 12.0. The molecule has 0 N–H and O–H groups in total. The van der Waals surface area contributed by atoms with Crippen molar-refractivity contribution in [3.8, 4) is 0 Å². The van der Waals surface area contributed by atoms with Gasteiger partial charge in [-0.2, -0.15) is 0 Å². The number of aromatic nitrogens is 3. The zero-order valence-corrected chi connectivity index (χ0v) is 9.83. The summed E-state index contributed by atoms with van der Waals surface area (Å²) in [5, 5.41) is 7.41. The molecule has 0 aliphatic rings. The van der Waals surface area contributed by atoms with Crippen LogP contribution in [0.3, 0.4) is 0 Å². The van der Waals surface area contributed by atoms with Crippen molar-refractivity contribution in [3.05, 3.63) is 47.3 Å². The monoisotopic (exact) mass is 257 g/mol. The molecule has 1 atom stereocenters. The van der Waals surface area contributed by atoms with Crippen molar-refractivity contribution < 1.29 is 8.78 Å². The molecular formula is C11H10ClF2N3. The maximum Gasteiger partial charge on any atom is 0.131 e. The summed E-state index contributed by atoms with van der Waals surface area (Å²) >= 11 is 5.83. The molecule has 2 aromatic rings. The van der Waals surface area contributed by atoms with Gasteiger partial charge in [-0.25, -0.2) is 13.5 Å². The van der Waals surface area contributed by atoms with Gasteiger partial charge in [-0.1, -0.05) is 11.3 Å². The van der Waals surface area contributed by atoms with Gasteiger partial charge in [0.05, 0.1) is 18.1 Å². The normalized spacial score (nSPS) is 12.7. The smallest absolute Gasteiger partial charge is 0.131 e. The zero-order chi connectivity index (χ0) is 12.4. The Balaban J connectivity index is 2.19. The highest BCUT2D eigenvalue weighted by Crippen LogP contribution is 2.16. The average molecular weight is 258 g/mol. The van der Waals surface area contributed by atoms with E-state index in [1.54, 1.807) is 13.1 Å². The van der Waals surface area contributed by atoms with Crippen molar-refractivity contribution in [1.29, 1.82) is 0 Å². The van der Waals surface area contributed by atoms with Crippen LogP contribution in [-0.4, -0.2) is 15.0 Å². The Morgan fingerprint density at radius 1 is 1.41 bits per heavy atom. The van der Waals surface area contributed by atoms with Crippen molar-refractivity contribution in [3.63, 3.8) is 0 Å². The van der Waals surface area contributed by atoms with Crippen LogP contribution >= 0.6 is 11.6 Å². The Hall–Kier alpha value is -1.49. The topological polar surface area (TPSA) is 30.7 Å². The summed E-state index contributed by atoms with van der Waals surface area (Å²) < 4.78 is 27.5. The summed E-state index contributed by atoms with van der Waals surface area (Å²) in [6.45, 7) is 1.97. The molecule has 6 heteroatoms. The quantitative estimate of drug-likeness (QED) is 0.792. The van der Waals surface area contributed by atoms with E-state index in [1.165, 1.54) is 16.8 Å². The van der Waals surface area contributed by atoms with Crippen molar-refractivity contribution in [2.45, 2.75) is 18.8 Å². The summed E-state index contributed by atoms with van der Waals surface area (Å²) in [7, 11) is 0. The Labute approximate surface area is 102 Å². The molecule has 0 amide bonds. The van der Waals surface area contributed by atoms with Gasteiger partial charge in [0.1, 0.15) is 17.3 Å². The predicted molar refractivity (Wildman–Crippen MR) is 59.8 cm³/mol. The van der Waals surface area contributed by atoms with E-state index in [9.17, 15) is 8.78 Å². The van der Waals surface area contributed by atoms with Crippen molar-refractivity contribution in [2.24, 2.45) is 0 Å².